The van der Waals surface area contributed by atoms with Crippen molar-refractivity contribution >= 4 is 0 Å². The third kappa shape index (κ3) is 19.7. The molecule has 0 amide bonds. The molecule has 140 valence electrons. The van der Waals surface area contributed by atoms with Crippen molar-refractivity contribution in [2.24, 2.45) is 0 Å². The summed E-state index contributed by atoms with van der Waals surface area (Å²) in [6.45, 7) is 10.8. The third-order valence-corrected chi connectivity index (χ3v) is 3.08. The molecule has 0 N–H and O–H groups in total. The fourth-order valence-electron chi connectivity index (χ4n) is 1.50. The Kier molecular flexibility index (Phi) is 19.5. The largest absolute Gasteiger partial charge is 0.382 e. The lowest BCUT2D eigenvalue weighted by atomic mass is 10.5. The number of likely N-dealkylation sites (N-methyl/N-ethyl adjacent to an activating group) is 1. The molecule has 0 aliphatic carbocycles. The maximum Gasteiger partial charge on any atom is 0.0701 e. The van der Waals surface area contributed by atoms with Crippen LogP contribution >= 0.6 is 0 Å². The highest BCUT2D eigenvalue weighted by atomic mass is 16.6. The average molecular weight is 337 g/mol. The van der Waals surface area contributed by atoms with E-state index in [1.807, 2.05) is 0 Å². The van der Waals surface area contributed by atoms with E-state index in [1.54, 1.807) is 7.11 Å². The van der Waals surface area contributed by atoms with E-state index in [4.69, 9.17) is 28.4 Å². The van der Waals surface area contributed by atoms with Crippen molar-refractivity contribution in [2.75, 3.05) is 99.9 Å². The molecule has 0 saturated heterocycles. The van der Waals surface area contributed by atoms with Gasteiger partial charge < -0.3 is 33.3 Å². The van der Waals surface area contributed by atoms with E-state index in [-0.39, 0.29) is 0 Å². The van der Waals surface area contributed by atoms with Gasteiger partial charge in [-0.15, -0.1) is 0 Å². The summed E-state index contributed by atoms with van der Waals surface area (Å²) in [5.41, 5.74) is 0. The predicted molar refractivity (Wildman–Crippen MR) is 89.1 cm³/mol. The van der Waals surface area contributed by atoms with Gasteiger partial charge in [-0.05, 0) is 13.6 Å². The average Bonchev–Trinajstić information content (AvgIpc) is 2.57. The van der Waals surface area contributed by atoms with Crippen LogP contribution in [0.3, 0.4) is 0 Å². The molecule has 0 bridgehead atoms. The summed E-state index contributed by atoms with van der Waals surface area (Å²) in [6, 6.07) is 0. The highest BCUT2D eigenvalue weighted by molar-refractivity contribution is 4.45. The Labute approximate surface area is 141 Å². The molecule has 0 aliphatic heterocycles. The van der Waals surface area contributed by atoms with Crippen LogP contribution in [0, 0.1) is 0 Å². The number of nitrogens with zero attached hydrogens (tertiary/aromatic N) is 1. The van der Waals surface area contributed by atoms with Crippen LogP contribution in [0.2, 0.25) is 0 Å². The monoisotopic (exact) mass is 337 g/mol. The van der Waals surface area contributed by atoms with Gasteiger partial charge in [0.2, 0.25) is 0 Å². The molecule has 7 heteroatoms. The Morgan fingerprint density at radius 2 is 0.913 bits per heavy atom. The lowest BCUT2D eigenvalue weighted by Gasteiger charge is -2.13. The number of ether oxygens (including phenoxy) is 6. The van der Waals surface area contributed by atoms with E-state index >= 15 is 0 Å². The molecule has 7 nitrogen and oxygen atoms in total. The zero-order valence-electron chi connectivity index (χ0n) is 15.1. The number of hydrogen-bond acceptors (Lipinski definition) is 7. The van der Waals surface area contributed by atoms with Crippen LogP contribution in [0.25, 0.3) is 0 Å². The molecule has 0 heterocycles. The first-order valence-corrected chi connectivity index (χ1v) is 8.37. The molecular formula is C16H35NO6. The van der Waals surface area contributed by atoms with Crippen molar-refractivity contribution in [1.29, 1.82) is 0 Å². The first-order valence-electron chi connectivity index (χ1n) is 8.37. The van der Waals surface area contributed by atoms with Gasteiger partial charge in [0.25, 0.3) is 0 Å². The summed E-state index contributed by atoms with van der Waals surface area (Å²) in [7, 11) is 3.73. The summed E-state index contributed by atoms with van der Waals surface area (Å²) in [5.74, 6) is 0. The second-order valence-electron chi connectivity index (χ2n) is 4.95. The van der Waals surface area contributed by atoms with Crippen LogP contribution < -0.4 is 0 Å². The van der Waals surface area contributed by atoms with Gasteiger partial charge >= 0.3 is 0 Å². The van der Waals surface area contributed by atoms with Crippen LogP contribution in [0.1, 0.15) is 6.92 Å². The molecule has 0 spiro atoms. The second-order valence-corrected chi connectivity index (χ2v) is 4.95. The predicted octanol–water partition coefficient (Wildman–Crippen LogP) is 0.668. The van der Waals surface area contributed by atoms with Gasteiger partial charge in [-0.3, -0.25) is 0 Å². The van der Waals surface area contributed by atoms with Gasteiger partial charge in [0.15, 0.2) is 0 Å². The first kappa shape index (κ1) is 22.7. The van der Waals surface area contributed by atoms with Gasteiger partial charge in [0, 0.05) is 13.7 Å². The van der Waals surface area contributed by atoms with Crippen LogP contribution in [0.4, 0.5) is 0 Å². The number of methoxy groups -OCH3 is 1. The normalized spacial score (nSPS) is 11.5. The maximum atomic E-state index is 5.47. The third-order valence-electron chi connectivity index (χ3n) is 3.08. The van der Waals surface area contributed by atoms with E-state index in [9.17, 15) is 0 Å². The van der Waals surface area contributed by atoms with Crippen molar-refractivity contribution < 1.29 is 28.4 Å². The summed E-state index contributed by atoms with van der Waals surface area (Å²) in [5, 5.41) is 0. The fourth-order valence-corrected chi connectivity index (χ4v) is 1.50. The Morgan fingerprint density at radius 1 is 0.565 bits per heavy atom. The van der Waals surface area contributed by atoms with E-state index in [0.717, 1.165) is 19.7 Å². The Morgan fingerprint density at radius 3 is 1.26 bits per heavy atom. The Balaban J connectivity index is 2.97. The summed E-state index contributed by atoms with van der Waals surface area (Å²) >= 11 is 0. The Bertz CT molecular complexity index is 221. The molecule has 0 radical (unpaired) electrons. The van der Waals surface area contributed by atoms with E-state index in [1.165, 1.54) is 0 Å². The van der Waals surface area contributed by atoms with Crippen LogP contribution in [-0.4, -0.2) is 105 Å². The molecule has 0 unspecified atom stereocenters. The minimum atomic E-state index is 0.571. The van der Waals surface area contributed by atoms with Gasteiger partial charge in [-0.1, -0.05) is 6.92 Å². The second kappa shape index (κ2) is 19.8. The van der Waals surface area contributed by atoms with Gasteiger partial charge in [0.05, 0.1) is 72.7 Å². The van der Waals surface area contributed by atoms with E-state index < -0.39 is 0 Å². The summed E-state index contributed by atoms with van der Waals surface area (Å²) in [6.07, 6.45) is 0. The minimum Gasteiger partial charge on any atom is -0.382 e. The quantitative estimate of drug-likeness (QED) is 0.321. The van der Waals surface area contributed by atoms with E-state index in [2.05, 4.69) is 18.9 Å². The number of rotatable bonds is 19. The zero-order valence-corrected chi connectivity index (χ0v) is 15.1. The molecule has 0 aromatic carbocycles. The molecular weight excluding hydrogens is 302 g/mol. The van der Waals surface area contributed by atoms with Crippen molar-refractivity contribution in [3.05, 3.63) is 0 Å². The molecule has 0 aliphatic rings. The highest BCUT2D eigenvalue weighted by Gasteiger charge is 1.95. The van der Waals surface area contributed by atoms with Crippen molar-refractivity contribution in [1.82, 2.24) is 4.90 Å². The molecule has 0 fully saturated rings. The molecule has 0 rings (SSSR count). The lowest BCUT2D eigenvalue weighted by molar-refractivity contribution is -0.0153. The molecule has 23 heavy (non-hydrogen) atoms. The summed E-state index contributed by atoms with van der Waals surface area (Å²) < 4.78 is 31.8. The molecule has 0 aromatic rings. The topological polar surface area (TPSA) is 58.6 Å². The molecule has 0 saturated carbocycles. The molecule has 0 atom stereocenters. The minimum absolute atomic E-state index is 0.571. The maximum absolute atomic E-state index is 5.47. The van der Waals surface area contributed by atoms with E-state index in [0.29, 0.717) is 66.1 Å². The summed E-state index contributed by atoms with van der Waals surface area (Å²) in [4.78, 5) is 2.21. The highest BCUT2D eigenvalue weighted by Crippen LogP contribution is 1.85. The van der Waals surface area contributed by atoms with Crippen molar-refractivity contribution in [3.8, 4) is 0 Å². The van der Waals surface area contributed by atoms with Crippen LogP contribution in [0.15, 0.2) is 0 Å². The van der Waals surface area contributed by atoms with Gasteiger partial charge in [-0.25, -0.2) is 0 Å². The smallest absolute Gasteiger partial charge is 0.0701 e. The van der Waals surface area contributed by atoms with Gasteiger partial charge in [0.1, 0.15) is 0 Å². The van der Waals surface area contributed by atoms with Crippen molar-refractivity contribution in [2.45, 2.75) is 6.92 Å². The fraction of sp³-hybridized carbons (Fsp3) is 1.00. The van der Waals surface area contributed by atoms with Crippen LogP contribution in [0.5, 0.6) is 0 Å². The SMILES string of the molecule is CCN(C)CCOCCOCCOCCOCCOCCOC. The van der Waals surface area contributed by atoms with Gasteiger partial charge in [-0.2, -0.15) is 0 Å². The lowest BCUT2D eigenvalue weighted by Crippen LogP contribution is -2.23. The first-order chi connectivity index (χ1) is 11.3. The van der Waals surface area contributed by atoms with Crippen molar-refractivity contribution in [3.63, 3.8) is 0 Å². The zero-order chi connectivity index (χ0) is 17.0. The number of hydrogen-bond donors (Lipinski definition) is 0. The Hall–Kier alpha value is -0.280. The standard InChI is InChI=1S/C16H35NO6/c1-4-17(2)5-6-19-9-10-21-13-14-23-16-15-22-12-11-20-8-7-18-3/h4-16H2,1-3H3. The molecule has 0 aromatic heterocycles. The van der Waals surface area contributed by atoms with Crippen LogP contribution in [-0.2, 0) is 28.4 Å².